The maximum Gasteiger partial charge on any atom is 0.254 e. The number of carbonyl (C=O) groups excluding carboxylic acids is 1. The van der Waals surface area contributed by atoms with E-state index in [0.717, 1.165) is 11.3 Å². The summed E-state index contributed by atoms with van der Waals surface area (Å²) in [7, 11) is -0.658. The summed E-state index contributed by atoms with van der Waals surface area (Å²) in [6, 6.07) is 11.3. The van der Waals surface area contributed by atoms with Crippen LogP contribution in [-0.2, 0) is 15.3 Å². The average Bonchev–Trinajstić information content (AvgIpc) is 3.31. The molecule has 39 heavy (non-hydrogen) atoms. The Bertz CT molecular complexity index is 1260. The molecule has 1 heterocycles. The predicted octanol–water partition coefficient (Wildman–Crippen LogP) is 5.32. The lowest BCUT2D eigenvalue weighted by Gasteiger charge is -2.36. The Labute approximate surface area is 234 Å². The molecule has 2 aromatic carbocycles. The summed E-state index contributed by atoms with van der Waals surface area (Å²) in [6.45, 7) is 11.9. The van der Waals surface area contributed by atoms with Gasteiger partial charge in [0.05, 0.1) is 27.1 Å². The average molecular weight is 578 g/mol. The van der Waals surface area contributed by atoms with Crippen LogP contribution in [0.1, 0.15) is 49.5 Å². The van der Waals surface area contributed by atoms with E-state index in [2.05, 4.69) is 33.9 Å². The van der Waals surface area contributed by atoms with Crippen LogP contribution in [0, 0.1) is 0 Å². The summed E-state index contributed by atoms with van der Waals surface area (Å²) in [4.78, 5) is 15.4. The summed E-state index contributed by atoms with van der Waals surface area (Å²) >= 11 is 0. The third-order valence-electron chi connectivity index (χ3n) is 8.15. The number of likely N-dealkylation sites (tertiary alicyclic amines) is 1. The van der Waals surface area contributed by atoms with E-state index < -0.39 is 23.6 Å². The highest BCUT2D eigenvalue weighted by Crippen LogP contribution is 2.43. The van der Waals surface area contributed by atoms with Gasteiger partial charge in [-0.05, 0) is 60.8 Å². The number of carbonyl (C=O) groups is 1. The number of ether oxygens (including phenoxy) is 3. The molecule has 2 aromatic rings. The fourth-order valence-corrected chi connectivity index (χ4v) is 6.52. The number of benzene rings is 2. The lowest BCUT2D eigenvalue weighted by atomic mass is 9.77. The van der Waals surface area contributed by atoms with Gasteiger partial charge in [-0.15, -0.1) is 0 Å². The summed E-state index contributed by atoms with van der Waals surface area (Å²) < 4.78 is 47.1. The Hall–Kier alpha value is -2.72. The van der Waals surface area contributed by atoms with E-state index >= 15 is 0 Å². The Kier molecular flexibility index (Phi) is 9.01. The fraction of sp³-hybridized carbons (Fsp3) is 0.552. The number of methoxy groups -OCH3 is 3. The predicted molar refractivity (Wildman–Crippen MR) is 157 cm³/mol. The first-order valence-corrected chi connectivity index (χ1v) is 18.1. The molecule has 1 aliphatic rings. The molecule has 0 aliphatic carbocycles. The molecule has 1 unspecified atom stereocenters. The molecule has 0 spiro atoms. The van der Waals surface area contributed by atoms with Gasteiger partial charge >= 0.3 is 0 Å². The zero-order valence-corrected chi connectivity index (χ0v) is 26.5. The first-order chi connectivity index (χ1) is 18.1. The second-order valence-electron chi connectivity index (χ2n) is 11.9. The molecule has 1 fully saturated rings. The molecule has 0 saturated carbocycles. The third kappa shape index (κ3) is 6.89. The minimum atomic E-state index is -3.19. The van der Waals surface area contributed by atoms with Gasteiger partial charge in [-0.3, -0.25) is 4.79 Å². The van der Waals surface area contributed by atoms with Crippen molar-refractivity contribution in [2.24, 2.45) is 0 Å². The van der Waals surface area contributed by atoms with Crippen LogP contribution in [0.15, 0.2) is 36.4 Å². The Balaban J connectivity index is 1.92. The van der Waals surface area contributed by atoms with Crippen LogP contribution < -0.4 is 18.6 Å². The molecule has 10 heteroatoms. The molecule has 216 valence electrons. The van der Waals surface area contributed by atoms with Crippen molar-refractivity contribution in [2.75, 3.05) is 46.4 Å². The van der Waals surface area contributed by atoms with Crippen molar-refractivity contribution >= 4 is 24.1 Å². The lowest BCUT2D eigenvalue weighted by Crippen LogP contribution is -2.43. The third-order valence-corrected chi connectivity index (χ3v) is 13.5. The molecule has 8 nitrogen and oxygen atoms in total. The van der Waals surface area contributed by atoms with Crippen LogP contribution >= 0.6 is 0 Å². The van der Waals surface area contributed by atoms with Crippen molar-refractivity contribution in [2.45, 2.75) is 57.2 Å². The highest BCUT2D eigenvalue weighted by atomic mass is 32.2. The second kappa shape index (κ2) is 11.4. The molecular formula is C29H43NO7SSi. The van der Waals surface area contributed by atoms with E-state index in [-0.39, 0.29) is 16.7 Å². The van der Waals surface area contributed by atoms with Crippen molar-refractivity contribution in [1.82, 2.24) is 4.90 Å². The van der Waals surface area contributed by atoms with Gasteiger partial charge in [0.1, 0.15) is 15.6 Å². The normalized spacial score (nSPS) is 18.1. The minimum absolute atomic E-state index is 0.0431. The number of hydrogen-bond acceptors (Lipinski definition) is 7. The monoisotopic (exact) mass is 577 g/mol. The maximum atomic E-state index is 13.6. The summed E-state index contributed by atoms with van der Waals surface area (Å²) in [5.41, 5.74) is 0.935. The minimum Gasteiger partial charge on any atom is -0.544 e. The van der Waals surface area contributed by atoms with Gasteiger partial charge in [0, 0.05) is 30.3 Å². The van der Waals surface area contributed by atoms with Crippen LogP contribution in [0.25, 0.3) is 0 Å². The number of sulfone groups is 1. The fourth-order valence-electron chi connectivity index (χ4n) is 4.72. The lowest BCUT2D eigenvalue weighted by molar-refractivity contribution is 0.0782. The molecule has 1 saturated heterocycles. The number of hydrogen-bond donors (Lipinski definition) is 0. The van der Waals surface area contributed by atoms with Gasteiger partial charge in [0.2, 0.25) is 14.1 Å². The maximum absolute atomic E-state index is 13.6. The highest BCUT2D eigenvalue weighted by molar-refractivity contribution is 7.90. The molecular weight excluding hydrogens is 534 g/mol. The van der Waals surface area contributed by atoms with E-state index in [0.29, 0.717) is 48.7 Å². The largest absolute Gasteiger partial charge is 0.544 e. The first kappa shape index (κ1) is 30.8. The first-order valence-electron chi connectivity index (χ1n) is 13.1. The van der Waals surface area contributed by atoms with E-state index in [1.807, 2.05) is 24.3 Å². The summed E-state index contributed by atoms with van der Waals surface area (Å²) in [6.07, 6.45) is 2.33. The van der Waals surface area contributed by atoms with Crippen molar-refractivity contribution < 1.29 is 31.8 Å². The van der Waals surface area contributed by atoms with Crippen LogP contribution in [0.3, 0.4) is 0 Å². The van der Waals surface area contributed by atoms with Crippen LogP contribution in [0.5, 0.6) is 23.0 Å². The summed E-state index contributed by atoms with van der Waals surface area (Å²) in [5.74, 6) is 1.91. The van der Waals surface area contributed by atoms with Crippen molar-refractivity contribution in [3.05, 3.63) is 47.5 Å². The zero-order valence-electron chi connectivity index (χ0n) is 24.7. The Morgan fingerprint density at radius 1 is 1.00 bits per heavy atom. The van der Waals surface area contributed by atoms with E-state index in [1.165, 1.54) is 27.6 Å². The smallest absolute Gasteiger partial charge is 0.254 e. The molecule has 1 amide bonds. The molecule has 0 aromatic heterocycles. The van der Waals surface area contributed by atoms with Crippen molar-refractivity contribution in [3.63, 3.8) is 0 Å². The van der Waals surface area contributed by atoms with Gasteiger partial charge in [-0.1, -0.05) is 32.9 Å². The van der Waals surface area contributed by atoms with Crippen LogP contribution in [0.4, 0.5) is 0 Å². The molecule has 1 aliphatic heterocycles. The molecule has 0 bridgehead atoms. The van der Waals surface area contributed by atoms with E-state index in [4.69, 9.17) is 18.6 Å². The van der Waals surface area contributed by atoms with E-state index in [9.17, 15) is 13.2 Å². The topological polar surface area (TPSA) is 91.4 Å². The van der Waals surface area contributed by atoms with Gasteiger partial charge in [-0.25, -0.2) is 8.42 Å². The van der Waals surface area contributed by atoms with Crippen LogP contribution in [-0.4, -0.2) is 74.0 Å². The standard InChI is InChI=1S/C29H43NO7SSi/c1-28(2,3)39(8,9)37-23-12-10-22(11-13-23)29(15-17-38(7,32)33)14-16-30(20-29)27(31)21-18-24(34-4)26(36-6)25(19-21)35-5/h10-13,18-19H,14-17,20H2,1-9H3. The molecule has 0 N–H and O–H groups in total. The van der Waals surface area contributed by atoms with Gasteiger partial charge in [0.25, 0.3) is 5.91 Å². The number of rotatable bonds is 10. The van der Waals surface area contributed by atoms with Crippen LogP contribution in [0.2, 0.25) is 18.1 Å². The highest BCUT2D eigenvalue weighted by Gasteiger charge is 2.43. The van der Waals surface area contributed by atoms with Gasteiger partial charge in [0.15, 0.2) is 11.5 Å². The molecule has 0 radical (unpaired) electrons. The quantitative estimate of drug-likeness (QED) is 0.353. The Morgan fingerprint density at radius 2 is 1.56 bits per heavy atom. The molecule has 1 atom stereocenters. The van der Waals surface area contributed by atoms with E-state index in [1.54, 1.807) is 17.0 Å². The molecule has 3 rings (SSSR count). The van der Waals surface area contributed by atoms with Crippen molar-refractivity contribution in [1.29, 1.82) is 0 Å². The zero-order chi connectivity index (χ0) is 29.2. The van der Waals surface area contributed by atoms with Gasteiger partial charge < -0.3 is 23.5 Å². The SMILES string of the molecule is COc1cc(C(=O)N2CCC(CCS(C)(=O)=O)(c3ccc(O[Si](C)(C)C(C)(C)C)cc3)C2)cc(OC)c1OC. The number of amides is 1. The van der Waals surface area contributed by atoms with Crippen molar-refractivity contribution in [3.8, 4) is 23.0 Å². The summed E-state index contributed by atoms with van der Waals surface area (Å²) in [5, 5.41) is 0.0709. The van der Waals surface area contributed by atoms with Gasteiger partial charge in [-0.2, -0.15) is 0 Å². The number of nitrogens with zero attached hydrogens (tertiary/aromatic N) is 1. The second-order valence-corrected chi connectivity index (χ2v) is 18.9. The Morgan fingerprint density at radius 3 is 2.03 bits per heavy atom.